The topological polar surface area (TPSA) is 54.9 Å². The molecular formula is C17H30IN3O2. The molecule has 0 atom stereocenters. The van der Waals surface area contributed by atoms with Gasteiger partial charge >= 0.3 is 0 Å². The fraction of sp³-hybridized carbons (Fsp3) is 0.588. The number of rotatable bonds is 9. The average Bonchev–Trinajstić information content (AvgIpc) is 2.52. The van der Waals surface area contributed by atoms with Crippen LogP contribution in [-0.2, 0) is 22.6 Å². The van der Waals surface area contributed by atoms with Crippen molar-refractivity contribution in [2.45, 2.75) is 40.0 Å². The highest BCUT2D eigenvalue weighted by Crippen LogP contribution is 2.07. The van der Waals surface area contributed by atoms with Gasteiger partial charge in [0.15, 0.2) is 5.96 Å². The van der Waals surface area contributed by atoms with Gasteiger partial charge in [0.05, 0.1) is 19.3 Å². The Balaban J connectivity index is 0.00000484. The molecule has 0 aromatic heterocycles. The van der Waals surface area contributed by atoms with Crippen LogP contribution < -0.4 is 10.6 Å². The molecule has 0 bridgehead atoms. The zero-order chi connectivity index (χ0) is 16.2. The smallest absolute Gasteiger partial charge is 0.191 e. The first-order chi connectivity index (χ1) is 10.7. The molecule has 0 unspecified atom stereocenters. The Bertz CT molecular complexity index is 453. The predicted molar refractivity (Wildman–Crippen MR) is 106 cm³/mol. The summed E-state index contributed by atoms with van der Waals surface area (Å²) in [7, 11) is 1.77. The van der Waals surface area contributed by atoms with Crippen LogP contribution in [0.15, 0.2) is 29.3 Å². The Morgan fingerprint density at radius 2 is 1.96 bits per heavy atom. The van der Waals surface area contributed by atoms with Gasteiger partial charge < -0.3 is 20.1 Å². The zero-order valence-electron chi connectivity index (χ0n) is 14.6. The first kappa shape index (κ1) is 22.1. The summed E-state index contributed by atoms with van der Waals surface area (Å²) in [6, 6.07) is 8.39. The fourth-order valence-electron chi connectivity index (χ4n) is 1.88. The standard InChI is InChI=1S/C17H29N3O2.HI/c1-5-21-10-9-19-17(18-4)20-12-15-7-6-8-16(11-15)13-22-14(2)3;/h6-8,11,14H,5,9-10,12-13H2,1-4H3,(H2,18,19,20);1H. The van der Waals surface area contributed by atoms with E-state index in [9.17, 15) is 0 Å². The van der Waals surface area contributed by atoms with Gasteiger partial charge in [0.2, 0.25) is 0 Å². The average molecular weight is 435 g/mol. The molecule has 0 saturated heterocycles. The number of nitrogens with zero attached hydrogens (tertiary/aromatic N) is 1. The summed E-state index contributed by atoms with van der Waals surface area (Å²) >= 11 is 0. The van der Waals surface area contributed by atoms with Crippen LogP contribution in [0.2, 0.25) is 0 Å². The molecule has 1 rings (SSSR count). The number of aliphatic imine (C=N–C) groups is 1. The monoisotopic (exact) mass is 435 g/mol. The summed E-state index contributed by atoms with van der Waals surface area (Å²) in [5.41, 5.74) is 2.39. The number of guanidine groups is 1. The lowest BCUT2D eigenvalue weighted by Crippen LogP contribution is -2.38. The molecule has 0 fully saturated rings. The Morgan fingerprint density at radius 1 is 1.22 bits per heavy atom. The van der Waals surface area contributed by atoms with Crippen LogP contribution in [0, 0.1) is 0 Å². The third-order valence-corrected chi connectivity index (χ3v) is 3.00. The van der Waals surface area contributed by atoms with Crippen molar-refractivity contribution in [2.24, 2.45) is 4.99 Å². The molecule has 2 N–H and O–H groups in total. The second-order valence-corrected chi connectivity index (χ2v) is 5.23. The first-order valence-electron chi connectivity index (χ1n) is 7.87. The van der Waals surface area contributed by atoms with Crippen molar-refractivity contribution >= 4 is 29.9 Å². The molecule has 0 amide bonds. The van der Waals surface area contributed by atoms with Crippen LogP contribution in [0.4, 0.5) is 0 Å². The quantitative estimate of drug-likeness (QED) is 0.271. The minimum Gasteiger partial charge on any atom is -0.380 e. The summed E-state index contributed by atoms with van der Waals surface area (Å²) in [6.07, 6.45) is 0.246. The maximum atomic E-state index is 5.64. The summed E-state index contributed by atoms with van der Waals surface area (Å²) < 4.78 is 10.9. The summed E-state index contributed by atoms with van der Waals surface area (Å²) in [5, 5.41) is 6.52. The second kappa shape index (κ2) is 13.6. The van der Waals surface area contributed by atoms with Gasteiger partial charge in [0.25, 0.3) is 0 Å². The third kappa shape index (κ3) is 10.5. The van der Waals surface area contributed by atoms with E-state index < -0.39 is 0 Å². The van der Waals surface area contributed by atoms with Crippen LogP contribution in [0.5, 0.6) is 0 Å². The lowest BCUT2D eigenvalue weighted by molar-refractivity contribution is 0.0657. The van der Waals surface area contributed by atoms with Gasteiger partial charge in [-0.3, -0.25) is 4.99 Å². The fourth-order valence-corrected chi connectivity index (χ4v) is 1.88. The molecule has 0 radical (unpaired) electrons. The lowest BCUT2D eigenvalue weighted by atomic mass is 10.1. The molecule has 0 spiro atoms. The number of nitrogens with one attached hydrogen (secondary N) is 2. The van der Waals surface area contributed by atoms with E-state index >= 15 is 0 Å². The number of ether oxygens (including phenoxy) is 2. The van der Waals surface area contributed by atoms with Gasteiger partial charge in [0, 0.05) is 26.7 Å². The minimum absolute atomic E-state index is 0. The largest absolute Gasteiger partial charge is 0.380 e. The Hall–Kier alpha value is -0.860. The van der Waals surface area contributed by atoms with Crippen LogP contribution in [0.3, 0.4) is 0 Å². The summed E-state index contributed by atoms with van der Waals surface area (Å²) in [6.45, 7) is 9.61. The maximum absolute atomic E-state index is 5.64. The normalized spacial score (nSPS) is 11.3. The van der Waals surface area contributed by atoms with E-state index in [1.54, 1.807) is 7.05 Å². The molecular weight excluding hydrogens is 405 g/mol. The van der Waals surface area contributed by atoms with Crippen molar-refractivity contribution in [3.8, 4) is 0 Å². The van der Waals surface area contributed by atoms with Crippen LogP contribution >= 0.6 is 24.0 Å². The van der Waals surface area contributed by atoms with Crippen molar-refractivity contribution < 1.29 is 9.47 Å². The number of hydrogen-bond donors (Lipinski definition) is 2. The number of halogens is 1. The highest BCUT2D eigenvalue weighted by Gasteiger charge is 2.01. The van der Waals surface area contributed by atoms with E-state index in [0.29, 0.717) is 13.2 Å². The Labute approximate surface area is 157 Å². The molecule has 23 heavy (non-hydrogen) atoms. The predicted octanol–water partition coefficient (Wildman–Crippen LogP) is 2.93. The molecule has 0 aliphatic heterocycles. The lowest BCUT2D eigenvalue weighted by Gasteiger charge is -2.13. The van der Waals surface area contributed by atoms with Crippen LogP contribution in [-0.4, -0.2) is 38.9 Å². The SMILES string of the molecule is CCOCCNC(=NC)NCc1cccc(COC(C)C)c1.I. The van der Waals surface area contributed by atoms with Gasteiger partial charge in [-0.15, -0.1) is 24.0 Å². The zero-order valence-corrected chi connectivity index (χ0v) is 16.9. The van der Waals surface area contributed by atoms with E-state index in [2.05, 4.69) is 39.9 Å². The van der Waals surface area contributed by atoms with E-state index in [1.807, 2.05) is 20.8 Å². The molecule has 0 aliphatic rings. The molecule has 132 valence electrons. The number of hydrogen-bond acceptors (Lipinski definition) is 3. The Kier molecular flexibility index (Phi) is 13.1. The van der Waals surface area contributed by atoms with Crippen LogP contribution in [0.1, 0.15) is 31.9 Å². The van der Waals surface area contributed by atoms with Crippen LogP contribution in [0.25, 0.3) is 0 Å². The van der Waals surface area contributed by atoms with E-state index in [4.69, 9.17) is 9.47 Å². The number of benzene rings is 1. The maximum Gasteiger partial charge on any atom is 0.191 e. The van der Waals surface area contributed by atoms with Crippen molar-refractivity contribution in [1.29, 1.82) is 0 Å². The van der Waals surface area contributed by atoms with Gasteiger partial charge in [0.1, 0.15) is 0 Å². The highest BCUT2D eigenvalue weighted by molar-refractivity contribution is 14.0. The van der Waals surface area contributed by atoms with E-state index in [0.717, 1.165) is 25.7 Å². The van der Waals surface area contributed by atoms with E-state index in [1.165, 1.54) is 11.1 Å². The first-order valence-corrected chi connectivity index (χ1v) is 7.87. The van der Waals surface area contributed by atoms with Crippen molar-refractivity contribution in [3.05, 3.63) is 35.4 Å². The molecule has 1 aromatic rings. The highest BCUT2D eigenvalue weighted by atomic mass is 127. The third-order valence-electron chi connectivity index (χ3n) is 3.00. The van der Waals surface area contributed by atoms with Gasteiger partial charge in [-0.05, 0) is 31.9 Å². The van der Waals surface area contributed by atoms with Crippen molar-refractivity contribution in [2.75, 3.05) is 26.8 Å². The second-order valence-electron chi connectivity index (χ2n) is 5.23. The van der Waals surface area contributed by atoms with E-state index in [-0.39, 0.29) is 30.1 Å². The molecule has 5 nitrogen and oxygen atoms in total. The molecule has 1 aromatic carbocycles. The Morgan fingerprint density at radius 3 is 2.61 bits per heavy atom. The summed E-state index contributed by atoms with van der Waals surface area (Å²) in [4.78, 5) is 4.20. The summed E-state index contributed by atoms with van der Waals surface area (Å²) in [5.74, 6) is 0.781. The molecule has 0 saturated carbocycles. The van der Waals surface area contributed by atoms with Gasteiger partial charge in [-0.1, -0.05) is 24.3 Å². The molecule has 0 aliphatic carbocycles. The van der Waals surface area contributed by atoms with Gasteiger partial charge in [-0.25, -0.2) is 0 Å². The van der Waals surface area contributed by atoms with Crippen molar-refractivity contribution in [1.82, 2.24) is 10.6 Å². The molecule has 6 heteroatoms. The molecule has 0 heterocycles. The van der Waals surface area contributed by atoms with Crippen molar-refractivity contribution in [3.63, 3.8) is 0 Å². The van der Waals surface area contributed by atoms with Gasteiger partial charge in [-0.2, -0.15) is 0 Å². The minimum atomic E-state index is 0.